The first-order valence-electron chi connectivity index (χ1n) is 8.92. The zero-order valence-corrected chi connectivity index (χ0v) is 19.1. The molecule has 0 aliphatic heterocycles. The number of thiophene rings is 1. The maximum absolute atomic E-state index is 5.54. The fourth-order valence-corrected chi connectivity index (χ4v) is 3.17. The highest BCUT2D eigenvalue weighted by atomic mass is 127. The van der Waals surface area contributed by atoms with Gasteiger partial charge in [-0.15, -0.1) is 35.3 Å². The molecular weight excluding hydrogens is 487 g/mol. The van der Waals surface area contributed by atoms with Gasteiger partial charge in [0.05, 0.1) is 18.5 Å². The maximum Gasteiger partial charge on any atom is 0.236 e. The van der Waals surface area contributed by atoms with Gasteiger partial charge in [0, 0.05) is 13.1 Å². The number of rotatable bonds is 8. The normalized spacial score (nSPS) is 11.0. The quantitative estimate of drug-likeness (QED) is 0.267. The first-order valence-corrected chi connectivity index (χ1v) is 9.80. The molecule has 0 aliphatic rings. The number of benzene rings is 1. The molecule has 2 aromatic heterocycles. The molecule has 0 saturated carbocycles. The van der Waals surface area contributed by atoms with Gasteiger partial charge in [0.1, 0.15) is 17.7 Å². The van der Waals surface area contributed by atoms with Crippen LogP contribution in [0.2, 0.25) is 0 Å². The van der Waals surface area contributed by atoms with Crippen molar-refractivity contribution in [3.8, 4) is 16.5 Å². The predicted molar refractivity (Wildman–Crippen MR) is 125 cm³/mol. The Bertz CT molecular complexity index is 847. The van der Waals surface area contributed by atoms with Crippen molar-refractivity contribution in [1.29, 1.82) is 0 Å². The van der Waals surface area contributed by atoms with Crippen LogP contribution in [0, 0.1) is 0 Å². The van der Waals surface area contributed by atoms with Crippen molar-refractivity contribution in [1.82, 2.24) is 15.6 Å². The van der Waals surface area contributed by atoms with Gasteiger partial charge in [0.2, 0.25) is 5.89 Å². The Morgan fingerprint density at radius 3 is 2.71 bits per heavy atom. The Kier molecular flexibility index (Phi) is 9.29. The second kappa shape index (κ2) is 11.7. The van der Waals surface area contributed by atoms with Crippen molar-refractivity contribution in [2.45, 2.75) is 19.9 Å². The van der Waals surface area contributed by atoms with Crippen LogP contribution < -0.4 is 15.4 Å². The van der Waals surface area contributed by atoms with Crippen LogP contribution in [-0.4, -0.2) is 31.1 Å². The van der Waals surface area contributed by atoms with Gasteiger partial charge in [-0.1, -0.05) is 18.2 Å². The lowest BCUT2D eigenvalue weighted by molar-refractivity contribution is 0.414. The summed E-state index contributed by atoms with van der Waals surface area (Å²) in [5.74, 6) is 2.29. The number of hydrogen-bond donors (Lipinski definition) is 2. The summed E-state index contributed by atoms with van der Waals surface area (Å²) in [6, 6.07) is 12.1. The lowest BCUT2D eigenvalue weighted by Crippen LogP contribution is -2.38. The highest BCUT2D eigenvalue weighted by molar-refractivity contribution is 14.0. The zero-order chi connectivity index (χ0) is 18.9. The van der Waals surface area contributed by atoms with Crippen molar-refractivity contribution in [3.63, 3.8) is 0 Å². The third kappa shape index (κ3) is 6.52. The van der Waals surface area contributed by atoms with Crippen molar-refractivity contribution < 1.29 is 9.15 Å². The molecule has 0 spiro atoms. The Labute approximate surface area is 186 Å². The van der Waals surface area contributed by atoms with Gasteiger partial charge in [0.15, 0.2) is 5.96 Å². The standard InChI is InChI=1S/C20H24N4O2S.HI/c1-3-21-20(22-11-10-15-6-8-17(25-2)9-7-15)23-13-16-14-26-19(24-16)18-5-4-12-27-18;/h4-9,12,14H,3,10-11,13H2,1-2H3,(H2,21,22,23);1H. The molecule has 0 aliphatic carbocycles. The number of ether oxygens (including phenoxy) is 1. The maximum atomic E-state index is 5.54. The van der Waals surface area contributed by atoms with Gasteiger partial charge in [-0.3, -0.25) is 0 Å². The molecule has 0 saturated heterocycles. The molecule has 1 aromatic carbocycles. The number of hydrogen-bond acceptors (Lipinski definition) is 5. The molecule has 0 amide bonds. The van der Waals surface area contributed by atoms with E-state index in [-0.39, 0.29) is 24.0 Å². The van der Waals surface area contributed by atoms with Crippen molar-refractivity contribution in [3.05, 3.63) is 59.3 Å². The second-order valence-electron chi connectivity index (χ2n) is 5.84. The Morgan fingerprint density at radius 2 is 2.04 bits per heavy atom. The van der Waals surface area contributed by atoms with Gasteiger partial charge in [-0.05, 0) is 42.5 Å². The number of nitrogens with zero attached hydrogens (tertiary/aromatic N) is 2. The first kappa shape index (κ1) is 22.2. The van der Waals surface area contributed by atoms with E-state index in [4.69, 9.17) is 9.15 Å². The molecule has 2 N–H and O–H groups in total. The minimum atomic E-state index is 0. The number of oxazole rings is 1. The number of halogens is 1. The molecule has 2 heterocycles. The van der Waals surface area contributed by atoms with Crippen LogP contribution in [0.25, 0.3) is 10.8 Å². The van der Waals surface area contributed by atoms with Crippen LogP contribution in [0.3, 0.4) is 0 Å². The average Bonchev–Trinajstić information content (AvgIpc) is 3.38. The molecule has 3 rings (SSSR count). The molecule has 3 aromatic rings. The second-order valence-corrected chi connectivity index (χ2v) is 6.79. The smallest absolute Gasteiger partial charge is 0.236 e. The summed E-state index contributed by atoms with van der Waals surface area (Å²) in [4.78, 5) is 10.1. The van der Waals surface area contributed by atoms with E-state index in [1.807, 2.05) is 36.6 Å². The summed E-state index contributed by atoms with van der Waals surface area (Å²) < 4.78 is 10.7. The SMILES string of the molecule is CCNC(=NCc1coc(-c2cccs2)n1)NCCc1ccc(OC)cc1.I. The predicted octanol–water partition coefficient (Wildman–Crippen LogP) is 4.33. The monoisotopic (exact) mass is 512 g/mol. The Morgan fingerprint density at radius 1 is 1.21 bits per heavy atom. The van der Waals surface area contributed by atoms with Gasteiger partial charge >= 0.3 is 0 Å². The van der Waals surface area contributed by atoms with Gasteiger partial charge < -0.3 is 19.8 Å². The fraction of sp³-hybridized carbons (Fsp3) is 0.300. The molecule has 0 radical (unpaired) electrons. The van der Waals surface area contributed by atoms with Crippen LogP contribution in [0.4, 0.5) is 0 Å². The van der Waals surface area contributed by atoms with E-state index in [9.17, 15) is 0 Å². The number of nitrogens with one attached hydrogen (secondary N) is 2. The highest BCUT2D eigenvalue weighted by Crippen LogP contribution is 2.23. The molecule has 0 atom stereocenters. The van der Waals surface area contributed by atoms with Crippen molar-refractivity contribution >= 4 is 41.3 Å². The third-order valence-corrected chi connectivity index (χ3v) is 4.75. The van der Waals surface area contributed by atoms with E-state index >= 15 is 0 Å². The Hall–Kier alpha value is -2.07. The van der Waals surface area contributed by atoms with Crippen molar-refractivity contribution in [2.75, 3.05) is 20.2 Å². The topological polar surface area (TPSA) is 71.7 Å². The van der Waals surface area contributed by atoms with E-state index < -0.39 is 0 Å². The van der Waals surface area contributed by atoms with Gasteiger partial charge in [-0.2, -0.15) is 0 Å². The summed E-state index contributed by atoms with van der Waals surface area (Å²) in [6.07, 6.45) is 2.57. The van der Waals surface area contributed by atoms with Crippen LogP contribution in [0.1, 0.15) is 18.2 Å². The molecule has 6 nitrogen and oxygen atoms in total. The van der Waals surface area contributed by atoms with E-state index in [0.29, 0.717) is 12.4 Å². The molecule has 28 heavy (non-hydrogen) atoms. The van der Waals surface area contributed by atoms with Crippen LogP contribution in [0.5, 0.6) is 5.75 Å². The summed E-state index contributed by atoms with van der Waals surface area (Å²) in [5.41, 5.74) is 2.06. The number of aliphatic imine (C=N–C) groups is 1. The molecule has 0 unspecified atom stereocenters. The lowest BCUT2D eigenvalue weighted by atomic mass is 10.1. The number of aromatic nitrogens is 1. The minimum Gasteiger partial charge on any atom is -0.497 e. The van der Waals surface area contributed by atoms with Gasteiger partial charge in [-0.25, -0.2) is 9.98 Å². The number of guanidine groups is 1. The summed E-state index contributed by atoms with van der Waals surface area (Å²) >= 11 is 1.61. The van der Waals surface area contributed by atoms with Gasteiger partial charge in [0.25, 0.3) is 0 Å². The summed E-state index contributed by atoms with van der Waals surface area (Å²) in [7, 11) is 1.67. The molecule has 8 heteroatoms. The molecule has 150 valence electrons. The molecule has 0 fully saturated rings. The highest BCUT2D eigenvalue weighted by Gasteiger charge is 2.07. The fourth-order valence-electron chi connectivity index (χ4n) is 2.51. The molecule has 0 bridgehead atoms. The Balaban J connectivity index is 0.00000280. The third-order valence-electron chi connectivity index (χ3n) is 3.89. The van der Waals surface area contributed by atoms with Crippen LogP contribution in [-0.2, 0) is 13.0 Å². The lowest BCUT2D eigenvalue weighted by Gasteiger charge is -2.11. The molecular formula is C20H25IN4O2S. The van der Waals surface area contributed by atoms with Crippen LogP contribution in [0.15, 0.2) is 57.5 Å². The van der Waals surface area contributed by atoms with E-state index in [1.165, 1.54) is 5.56 Å². The summed E-state index contributed by atoms with van der Waals surface area (Å²) in [6.45, 7) is 4.10. The largest absolute Gasteiger partial charge is 0.497 e. The van der Waals surface area contributed by atoms with Crippen molar-refractivity contribution in [2.24, 2.45) is 4.99 Å². The summed E-state index contributed by atoms with van der Waals surface area (Å²) in [5, 5.41) is 8.62. The number of methoxy groups -OCH3 is 1. The van der Waals surface area contributed by atoms with E-state index in [2.05, 4.69) is 32.7 Å². The average molecular weight is 512 g/mol. The van der Waals surface area contributed by atoms with Crippen LogP contribution >= 0.6 is 35.3 Å². The van der Waals surface area contributed by atoms with E-state index in [1.54, 1.807) is 24.7 Å². The zero-order valence-electron chi connectivity index (χ0n) is 16.0. The minimum absolute atomic E-state index is 0. The van der Waals surface area contributed by atoms with E-state index in [0.717, 1.165) is 41.8 Å². The first-order chi connectivity index (χ1) is 13.3.